The van der Waals surface area contributed by atoms with Crippen LogP contribution in [0.1, 0.15) is 50.8 Å². The minimum Gasteiger partial charge on any atom is -0.478 e. The Morgan fingerprint density at radius 3 is 2.25 bits per heavy atom. The summed E-state index contributed by atoms with van der Waals surface area (Å²) >= 11 is 13.1. The molecule has 0 bridgehead atoms. The summed E-state index contributed by atoms with van der Waals surface area (Å²) in [5, 5.41) is 12.3. The Kier molecular flexibility index (Phi) is 14.7. The van der Waals surface area contributed by atoms with Gasteiger partial charge in [-0.1, -0.05) is 77.8 Å². The molecule has 3 aromatic carbocycles. The molecule has 0 saturated carbocycles. The summed E-state index contributed by atoms with van der Waals surface area (Å²) in [6.07, 6.45) is -0.567. The molecule has 1 amide bonds. The number of nitrogens with one attached hydrogen (secondary N) is 1. The normalized spacial score (nSPS) is 16.2. The van der Waals surface area contributed by atoms with Crippen molar-refractivity contribution in [2.45, 2.75) is 18.9 Å². The molecule has 0 spiro atoms. The molecule has 2 N–H and O–H groups in total. The van der Waals surface area contributed by atoms with E-state index in [1.807, 2.05) is 30.3 Å². The van der Waals surface area contributed by atoms with E-state index >= 15 is 0 Å². The largest absolute Gasteiger partial charge is 0.478 e. The summed E-state index contributed by atoms with van der Waals surface area (Å²) in [5.74, 6) is -5.12. The van der Waals surface area contributed by atoms with Gasteiger partial charge in [0.25, 0.3) is 5.91 Å². The third-order valence-corrected chi connectivity index (χ3v) is 8.91. The van der Waals surface area contributed by atoms with Crippen LogP contribution in [0.2, 0.25) is 10.0 Å². The van der Waals surface area contributed by atoms with Crippen molar-refractivity contribution in [2.75, 3.05) is 53.8 Å². The van der Waals surface area contributed by atoms with Crippen LogP contribution in [-0.2, 0) is 33.3 Å². The van der Waals surface area contributed by atoms with Crippen molar-refractivity contribution in [1.29, 1.82) is 0 Å². The lowest BCUT2D eigenvalue weighted by Crippen LogP contribution is -2.37. The highest BCUT2D eigenvalue weighted by atomic mass is 35.5. The monoisotopic (exact) mass is 740 g/mol. The number of aromatic carboxylic acids is 1. The zero-order chi connectivity index (χ0) is 36.9. The van der Waals surface area contributed by atoms with Gasteiger partial charge in [0.1, 0.15) is 18.6 Å². The van der Waals surface area contributed by atoms with Crippen LogP contribution in [0.3, 0.4) is 0 Å². The molecule has 3 atom stereocenters. The molecule has 14 heteroatoms. The van der Waals surface area contributed by atoms with Crippen molar-refractivity contribution in [3.05, 3.63) is 116 Å². The number of esters is 2. The van der Waals surface area contributed by atoms with E-state index in [2.05, 4.69) is 10.3 Å². The zero-order valence-corrected chi connectivity index (χ0v) is 29.7. The summed E-state index contributed by atoms with van der Waals surface area (Å²) in [7, 11) is 2.75. The molecule has 1 aliphatic rings. The van der Waals surface area contributed by atoms with Crippen molar-refractivity contribution in [3.63, 3.8) is 0 Å². The SMILES string of the molecule is COC(=O)C1C(C)=NC(COCCOCCNC(=O)c2ccccc2C(=O)O)=C(C(=O)OCC(OC)c2ccccc2)[C@H]1c1cccc(Cl)c1Cl. The number of rotatable bonds is 17. The Morgan fingerprint density at radius 2 is 1.57 bits per heavy atom. The van der Waals surface area contributed by atoms with Gasteiger partial charge in [0.05, 0.1) is 66.0 Å². The lowest BCUT2D eigenvalue weighted by atomic mass is 9.75. The summed E-state index contributed by atoms with van der Waals surface area (Å²) in [6.45, 7) is 1.82. The van der Waals surface area contributed by atoms with E-state index < -0.39 is 41.8 Å². The van der Waals surface area contributed by atoms with Gasteiger partial charge in [-0.3, -0.25) is 14.6 Å². The van der Waals surface area contributed by atoms with Crippen LogP contribution in [0, 0.1) is 5.92 Å². The smallest absolute Gasteiger partial charge is 0.336 e. The molecular weight excluding hydrogens is 703 g/mol. The van der Waals surface area contributed by atoms with Gasteiger partial charge in [0.2, 0.25) is 0 Å². The highest BCUT2D eigenvalue weighted by Crippen LogP contribution is 2.44. The predicted molar refractivity (Wildman–Crippen MR) is 189 cm³/mol. The van der Waals surface area contributed by atoms with Gasteiger partial charge in [-0.05, 0) is 36.2 Å². The maximum Gasteiger partial charge on any atom is 0.336 e. The molecule has 4 rings (SSSR count). The van der Waals surface area contributed by atoms with Gasteiger partial charge in [0, 0.05) is 25.3 Å². The van der Waals surface area contributed by atoms with Crippen molar-refractivity contribution >= 4 is 52.7 Å². The molecular formula is C37H38Cl2N2O10. The Morgan fingerprint density at radius 1 is 0.882 bits per heavy atom. The van der Waals surface area contributed by atoms with Crippen LogP contribution >= 0.6 is 23.2 Å². The van der Waals surface area contributed by atoms with Crippen LogP contribution in [-0.4, -0.2) is 88.4 Å². The molecule has 1 heterocycles. The van der Waals surface area contributed by atoms with Crippen LogP contribution in [0.15, 0.2) is 89.1 Å². The van der Waals surface area contributed by atoms with Crippen LogP contribution in [0.4, 0.5) is 0 Å². The fourth-order valence-corrected chi connectivity index (χ4v) is 6.03. The zero-order valence-electron chi connectivity index (χ0n) is 28.2. The fraction of sp³-hybridized carbons (Fsp3) is 0.324. The molecule has 0 radical (unpaired) electrons. The lowest BCUT2D eigenvalue weighted by Gasteiger charge is -2.32. The van der Waals surface area contributed by atoms with E-state index in [0.29, 0.717) is 11.3 Å². The summed E-state index contributed by atoms with van der Waals surface area (Å²) in [6, 6.07) is 20.1. The first kappa shape index (κ1) is 39.2. The van der Waals surface area contributed by atoms with E-state index in [1.165, 1.54) is 32.4 Å². The van der Waals surface area contributed by atoms with Crippen molar-refractivity contribution in [2.24, 2.45) is 10.9 Å². The van der Waals surface area contributed by atoms with E-state index in [0.717, 1.165) is 5.56 Å². The Bertz CT molecular complexity index is 1780. The number of amides is 1. The number of carbonyl (C=O) groups excluding carboxylic acids is 3. The molecule has 0 fully saturated rings. The van der Waals surface area contributed by atoms with Gasteiger partial charge < -0.3 is 34.1 Å². The number of hydrogen-bond donors (Lipinski definition) is 2. The summed E-state index contributed by atoms with van der Waals surface area (Å²) in [4.78, 5) is 55.7. The van der Waals surface area contributed by atoms with E-state index in [4.69, 9.17) is 46.9 Å². The van der Waals surface area contributed by atoms with E-state index in [9.17, 15) is 24.3 Å². The fourth-order valence-electron chi connectivity index (χ4n) is 5.60. The second-order valence-electron chi connectivity index (χ2n) is 11.2. The van der Waals surface area contributed by atoms with Crippen LogP contribution in [0.25, 0.3) is 0 Å². The maximum absolute atomic E-state index is 14.0. The van der Waals surface area contributed by atoms with Crippen molar-refractivity contribution in [3.8, 4) is 0 Å². The Hall–Kier alpha value is -4.59. The number of carbonyl (C=O) groups is 4. The maximum atomic E-state index is 14.0. The summed E-state index contributed by atoms with van der Waals surface area (Å²) < 4.78 is 28.0. The number of benzene rings is 3. The molecule has 12 nitrogen and oxygen atoms in total. The molecule has 270 valence electrons. The topological polar surface area (TPSA) is 159 Å². The summed E-state index contributed by atoms with van der Waals surface area (Å²) in [5.41, 5.74) is 1.79. The minimum atomic E-state index is -1.20. The predicted octanol–water partition coefficient (Wildman–Crippen LogP) is 5.69. The van der Waals surface area contributed by atoms with E-state index in [-0.39, 0.29) is 72.0 Å². The minimum absolute atomic E-state index is 0.0453. The van der Waals surface area contributed by atoms with E-state index in [1.54, 1.807) is 31.2 Å². The number of nitrogens with zero attached hydrogens (tertiary/aromatic N) is 1. The average Bonchev–Trinajstić information content (AvgIpc) is 3.13. The number of aliphatic imine (C=N–C) groups is 1. The number of ether oxygens (including phenoxy) is 5. The quantitative estimate of drug-likeness (QED) is 0.130. The molecule has 0 aromatic heterocycles. The number of carboxylic acid groups (broad SMARTS) is 1. The number of methoxy groups -OCH3 is 2. The molecule has 2 unspecified atom stereocenters. The number of hydrogen-bond acceptors (Lipinski definition) is 10. The molecule has 1 aliphatic heterocycles. The number of carboxylic acids is 1. The first-order valence-corrected chi connectivity index (χ1v) is 16.6. The third kappa shape index (κ3) is 10.0. The van der Waals surface area contributed by atoms with Crippen molar-refractivity contribution in [1.82, 2.24) is 5.32 Å². The number of halogens is 2. The second-order valence-corrected chi connectivity index (χ2v) is 12.0. The first-order valence-electron chi connectivity index (χ1n) is 15.9. The second kappa shape index (κ2) is 19.1. The first-order chi connectivity index (χ1) is 24.6. The standard InChI is InChI=1S/C37H38Cl2N2O10/c1-22-30(36(45)48-3)31(26-14-9-15-27(38)33(26)39)32(37(46)51-21-29(47-2)23-10-5-4-6-11-23)28(41-22)20-50-19-18-49-17-16-40-34(42)24-12-7-8-13-25(24)35(43)44/h4-15,29-31H,16-21H2,1-3H3,(H,40,42)(H,43,44)/t29?,30?,31-/m0/s1. The van der Waals surface area contributed by atoms with Gasteiger partial charge in [-0.2, -0.15) is 0 Å². The molecule has 3 aromatic rings. The molecule has 51 heavy (non-hydrogen) atoms. The Labute approximate surface area is 305 Å². The van der Waals surface area contributed by atoms with Gasteiger partial charge in [0.15, 0.2) is 0 Å². The van der Waals surface area contributed by atoms with Crippen molar-refractivity contribution < 1.29 is 48.0 Å². The molecule has 0 saturated heterocycles. The van der Waals surface area contributed by atoms with Crippen LogP contribution < -0.4 is 5.32 Å². The highest BCUT2D eigenvalue weighted by Gasteiger charge is 2.44. The van der Waals surface area contributed by atoms with Gasteiger partial charge in [-0.15, -0.1) is 0 Å². The third-order valence-electron chi connectivity index (χ3n) is 8.07. The van der Waals surface area contributed by atoms with Gasteiger partial charge >= 0.3 is 17.9 Å². The lowest BCUT2D eigenvalue weighted by molar-refractivity contribution is -0.145. The Balaban J connectivity index is 1.49. The average molecular weight is 742 g/mol. The molecule has 0 aliphatic carbocycles. The van der Waals surface area contributed by atoms with Crippen LogP contribution in [0.5, 0.6) is 0 Å². The highest BCUT2D eigenvalue weighted by molar-refractivity contribution is 6.42. The van der Waals surface area contributed by atoms with Gasteiger partial charge in [-0.25, -0.2) is 9.59 Å².